The van der Waals surface area contributed by atoms with Gasteiger partial charge < -0.3 is 5.11 Å². The van der Waals surface area contributed by atoms with Crippen LogP contribution in [0.5, 0.6) is 0 Å². The van der Waals surface area contributed by atoms with Crippen LogP contribution in [0.1, 0.15) is 62.5 Å². The first kappa shape index (κ1) is 18.4. The monoisotopic (exact) mass is 344 g/mol. The van der Waals surface area contributed by atoms with Crippen molar-refractivity contribution in [3.63, 3.8) is 0 Å². The maximum Gasteiger partial charge on any atom is 0.317 e. The molecule has 0 bridgehead atoms. The van der Waals surface area contributed by atoms with Crippen molar-refractivity contribution >= 4 is 5.97 Å². The van der Waals surface area contributed by atoms with Gasteiger partial charge in [-0.15, -0.1) is 0 Å². The lowest BCUT2D eigenvalue weighted by atomic mass is 9.96. The van der Waals surface area contributed by atoms with E-state index in [4.69, 9.17) is 5.11 Å². The summed E-state index contributed by atoms with van der Waals surface area (Å²) in [5.74, 6) is 0.0747. The Morgan fingerprint density at radius 2 is 1.76 bits per heavy atom. The maximum absolute atomic E-state index is 11.0. The van der Waals surface area contributed by atoms with Gasteiger partial charge in [0.1, 0.15) is 0 Å². The van der Waals surface area contributed by atoms with Crippen LogP contribution in [0.15, 0.2) is 24.3 Å². The summed E-state index contributed by atoms with van der Waals surface area (Å²) < 4.78 is 0. The number of hydrogen-bond acceptors (Lipinski definition) is 3. The average molecular weight is 344 g/mol. The maximum atomic E-state index is 11.0. The Kier molecular flexibility index (Phi) is 6.49. The van der Waals surface area contributed by atoms with E-state index < -0.39 is 5.97 Å². The van der Waals surface area contributed by atoms with Gasteiger partial charge in [0.15, 0.2) is 0 Å². The Labute approximate surface area is 151 Å². The molecule has 138 valence electrons. The van der Waals surface area contributed by atoms with Crippen LogP contribution < -0.4 is 0 Å². The van der Waals surface area contributed by atoms with Crippen molar-refractivity contribution in [1.82, 2.24) is 9.80 Å². The van der Waals surface area contributed by atoms with E-state index in [0.717, 1.165) is 44.9 Å². The van der Waals surface area contributed by atoms with Crippen LogP contribution in [0.25, 0.3) is 0 Å². The quantitative estimate of drug-likeness (QED) is 0.819. The standard InChI is InChI=1S/C21H32N2O2/c1-2-23(16-21(24)25)20-11-13-22(14-12-20)15-17-7-9-19(10-8-17)18-5-3-4-6-18/h7-10,18,20H,2-6,11-16H2,1H3,(H,24,25). The number of carbonyl (C=O) groups is 1. The number of hydrogen-bond donors (Lipinski definition) is 1. The van der Waals surface area contributed by atoms with Gasteiger partial charge in [-0.1, -0.05) is 44.0 Å². The molecule has 2 fully saturated rings. The molecule has 1 saturated heterocycles. The van der Waals surface area contributed by atoms with Crippen LogP contribution in [0, 0.1) is 0 Å². The van der Waals surface area contributed by atoms with Crippen molar-refractivity contribution in [2.75, 3.05) is 26.2 Å². The van der Waals surface area contributed by atoms with E-state index in [0.29, 0.717) is 6.04 Å². The highest BCUT2D eigenvalue weighted by atomic mass is 16.4. The number of nitrogens with zero attached hydrogens (tertiary/aromatic N) is 2. The zero-order valence-electron chi connectivity index (χ0n) is 15.5. The molecule has 0 amide bonds. The summed E-state index contributed by atoms with van der Waals surface area (Å²) in [6, 6.07) is 9.71. The van der Waals surface area contributed by atoms with E-state index in [1.54, 1.807) is 0 Å². The van der Waals surface area contributed by atoms with Gasteiger partial charge in [-0.3, -0.25) is 14.6 Å². The first-order chi connectivity index (χ1) is 12.2. The molecule has 1 N–H and O–H groups in total. The molecular formula is C21H32N2O2. The van der Waals surface area contributed by atoms with Crippen molar-refractivity contribution in [2.45, 2.75) is 64.0 Å². The average Bonchev–Trinajstić information content (AvgIpc) is 3.16. The lowest BCUT2D eigenvalue weighted by Gasteiger charge is -2.37. The third-order valence-electron chi connectivity index (χ3n) is 6.03. The number of likely N-dealkylation sites (tertiary alicyclic amines) is 1. The fourth-order valence-corrected chi connectivity index (χ4v) is 4.53. The second kappa shape index (κ2) is 8.81. The second-order valence-electron chi connectivity index (χ2n) is 7.69. The predicted octanol–water partition coefficient (Wildman–Crippen LogP) is 3.72. The van der Waals surface area contributed by atoms with Crippen LogP contribution in [0.2, 0.25) is 0 Å². The number of likely N-dealkylation sites (N-methyl/N-ethyl adjacent to an activating group) is 1. The van der Waals surface area contributed by atoms with E-state index in [1.807, 2.05) is 0 Å². The summed E-state index contributed by atoms with van der Waals surface area (Å²) in [5.41, 5.74) is 2.92. The Hall–Kier alpha value is -1.39. The fraction of sp³-hybridized carbons (Fsp3) is 0.667. The first-order valence-electron chi connectivity index (χ1n) is 9.92. The van der Waals surface area contributed by atoms with Crippen molar-refractivity contribution in [3.05, 3.63) is 35.4 Å². The lowest BCUT2D eigenvalue weighted by molar-refractivity contribution is -0.139. The highest BCUT2D eigenvalue weighted by molar-refractivity contribution is 5.69. The van der Waals surface area contributed by atoms with E-state index in [9.17, 15) is 4.79 Å². The molecule has 1 aromatic rings. The van der Waals surface area contributed by atoms with Gasteiger partial charge in [0.2, 0.25) is 0 Å². The molecule has 0 atom stereocenters. The molecule has 1 saturated carbocycles. The molecule has 0 unspecified atom stereocenters. The Bertz CT molecular complexity index is 544. The number of rotatable bonds is 7. The van der Waals surface area contributed by atoms with E-state index >= 15 is 0 Å². The van der Waals surface area contributed by atoms with Gasteiger partial charge in [-0.25, -0.2) is 0 Å². The first-order valence-corrected chi connectivity index (χ1v) is 9.92. The van der Waals surface area contributed by atoms with Gasteiger partial charge in [0.25, 0.3) is 0 Å². The van der Waals surface area contributed by atoms with Crippen molar-refractivity contribution < 1.29 is 9.90 Å². The highest BCUT2D eigenvalue weighted by Gasteiger charge is 2.25. The van der Waals surface area contributed by atoms with E-state index in [1.165, 1.54) is 36.8 Å². The topological polar surface area (TPSA) is 43.8 Å². The van der Waals surface area contributed by atoms with Crippen LogP contribution >= 0.6 is 0 Å². The molecule has 2 aliphatic rings. The lowest BCUT2D eigenvalue weighted by Crippen LogP contribution is -2.46. The van der Waals surface area contributed by atoms with Crippen LogP contribution in [-0.2, 0) is 11.3 Å². The summed E-state index contributed by atoms with van der Waals surface area (Å²) >= 11 is 0. The number of piperidine rings is 1. The molecule has 0 aromatic heterocycles. The SMILES string of the molecule is CCN(CC(=O)O)C1CCN(Cc2ccc(C3CCCC3)cc2)CC1. The number of aliphatic carboxylic acids is 1. The smallest absolute Gasteiger partial charge is 0.317 e. The zero-order chi connectivity index (χ0) is 17.6. The summed E-state index contributed by atoms with van der Waals surface area (Å²) in [6.07, 6.45) is 7.63. The molecule has 1 aliphatic heterocycles. The number of carboxylic acids is 1. The van der Waals surface area contributed by atoms with Crippen molar-refractivity contribution in [2.24, 2.45) is 0 Å². The minimum absolute atomic E-state index is 0.170. The van der Waals surface area contributed by atoms with Crippen LogP contribution in [-0.4, -0.2) is 53.1 Å². The normalized spacial score (nSPS) is 20.4. The molecule has 4 heteroatoms. The molecule has 1 aromatic carbocycles. The van der Waals surface area contributed by atoms with Gasteiger partial charge >= 0.3 is 5.97 Å². The Morgan fingerprint density at radius 3 is 2.32 bits per heavy atom. The Balaban J connectivity index is 1.47. The van der Waals surface area contributed by atoms with Gasteiger partial charge in [-0.2, -0.15) is 0 Å². The number of benzene rings is 1. The Morgan fingerprint density at radius 1 is 1.12 bits per heavy atom. The molecule has 1 aliphatic carbocycles. The fourth-order valence-electron chi connectivity index (χ4n) is 4.53. The van der Waals surface area contributed by atoms with Gasteiger partial charge in [-0.05, 0) is 62.4 Å². The minimum Gasteiger partial charge on any atom is -0.480 e. The van der Waals surface area contributed by atoms with Gasteiger partial charge in [0.05, 0.1) is 6.54 Å². The predicted molar refractivity (Wildman–Crippen MR) is 101 cm³/mol. The van der Waals surface area contributed by atoms with Crippen LogP contribution in [0.4, 0.5) is 0 Å². The molecule has 3 rings (SSSR count). The molecule has 0 spiro atoms. The molecule has 1 heterocycles. The molecule has 25 heavy (non-hydrogen) atoms. The minimum atomic E-state index is -0.716. The van der Waals surface area contributed by atoms with E-state index in [-0.39, 0.29) is 6.54 Å². The van der Waals surface area contributed by atoms with E-state index in [2.05, 4.69) is 41.0 Å². The molecule has 0 radical (unpaired) electrons. The summed E-state index contributed by atoms with van der Waals surface area (Å²) in [5, 5.41) is 9.04. The number of carboxylic acid groups (broad SMARTS) is 1. The van der Waals surface area contributed by atoms with Gasteiger partial charge in [0, 0.05) is 12.6 Å². The van der Waals surface area contributed by atoms with Crippen molar-refractivity contribution in [1.29, 1.82) is 0 Å². The third kappa shape index (κ3) is 5.05. The summed E-state index contributed by atoms with van der Waals surface area (Å²) in [7, 11) is 0. The summed E-state index contributed by atoms with van der Waals surface area (Å²) in [6.45, 7) is 6.18. The summed E-state index contributed by atoms with van der Waals surface area (Å²) in [4.78, 5) is 15.6. The third-order valence-corrected chi connectivity index (χ3v) is 6.03. The molecular weight excluding hydrogens is 312 g/mol. The largest absolute Gasteiger partial charge is 0.480 e. The van der Waals surface area contributed by atoms with Crippen molar-refractivity contribution in [3.8, 4) is 0 Å². The molecule has 4 nitrogen and oxygen atoms in total. The second-order valence-corrected chi connectivity index (χ2v) is 7.69. The zero-order valence-corrected chi connectivity index (χ0v) is 15.5. The highest BCUT2D eigenvalue weighted by Crippen LogP contribution is 2.34. The van der Waals surface area contributed by atoms with Crippen LogP contribution in [0.3, 0.4) is 0 Å².